The van der Waals surface area contributed by atoms with Gasteiger partial charge in [-0.25, -0.2) is 10.3 Å². The van der Waals surface area contributed by atoms with Crippen LogP contribution in [-0.4, -0.2) is 64.2 Å². The molecule has 2 aliphatic heterocycles. The fourth-order valence-electron chi connectivity index (χ4n) is 5.13. The van der Waals surface area contributed by atoms with Crippen molar-refractivity contribution in [3.63, 3.8) is 0 Å². The summed E-state index contributed by atoms with van der Waals surface area (Å²) < 4.78 is 17.4. The number of epoxide rings is 1. The number of amides is 2. The van der Waals surface area contributed by atoms with Gasteiger partial charge in [-0.1, -0.05) is 42.3 Å². The number of halogens is 1. The first kappa shape index (κ1) is 30.9. The zero-order valence-electron chi connectivity index (χ0n) is 24.0. The summed E-state index contributed by atoms with van der Waals surface area (Å²) in [7, 11) is 6.55. The van der Waals surface area contributed by atoms with Crippen molar-refractivity contribution in [3.05, 3.63) is 46.5 Å². The van der Waals surface area contributed by atoms with E-state index in [9.17, 15) is 9.59 Å². The Labute approximate surface area is 236 Å². The van der Waals surface area contributed by atoms with Crippen molar-refractivity contribution in [1.29, 1.82) is 0 Å². The second kappa shape index (κ2) is 13.7. The summed E-state index contributed by atoms with van der Waals surface area (Å²) in [5.74, 6) is 0.332. The number of methoxy groups -OCH3 is 1. The van der Waals surface area contributed by atoms with Crippen LogP contribution >= 0.6 is 11.6 Å². The molecule has 2 aliphatic rings. The number of nitrogens with one attached hydrogen (secondary N) is 2. The highest BCUT2D eigenvalue weighted by atomic mass is 35.5. The standard InChI is InChI=1S/C29H42ClN3O6/c1-18-10-8-9-11-21(39-32-5)17-23(37-28(35)31-4)19(2)27-29(3,38-27)13-12-25(34)33(6)22-15-20(14-18)16-24(36-7)26(22)30/h8-10,15-16,19,21,23,27,32H,11-14,17H2,1-7H3,(H,31,35)/b9-8+,18-10+/t19?,21-,23?,27?,29?/m0/s1. The number of alkyl carbamates (subject to hydrolysis) is 1. The molecular weight excluding hydrogens is 522 g/mol. The minimum Gasteiger partial charge on any atom is -0.495 e. The van der Waals surface area contributed by atoms with Gasteiger partial charge in [-0.2, -0.15) is 0 Å². The number of carbonyl (C=O) groups excluding carboxylic acids is 2. The van der Waals surface area contributed by atoms with Crippen molar-refractivity contribution in [2.24, 2.45) is 5.92 Å². The third kappa shape index (κ3) is 7.97. The molecule has 0 radical (unpaired) electrons. The second-order valence-corrected chi connectivity index (χ2v) is 10.9. The van der Waals surface area contributed by atoms with Gasteiger partial charge >= 0.3 is 6.09 Å². The van der Waals surface area contributed by atoms with Crippen LogP contribution in [0.3, 0.4) is 0 Å². The van der Waals surface area contributed by atoms with E-state index in [1.165, 1.54) is 7.05 Å². The average molecular weight is 564 g/mol. The highest BCUT2D eigenvalue weighted by Gasteiger charge is 2.56. The molecule has 1 aromatic rings. The molecule has 2 bridgehead atoms. The molecule has 9 nitrogen and oxygen atoms in total. The third-order valence-electron chi connectivity index (χ3n) is 7.52. The van der Waals surface area contributed by atoms with E-state index in [1.807, 2.05) is 51.1 Å². The molecule has 2 amide bonds. The predicted octanol–water partition coefficient (Wildman–Crippen LogP) is 4.97. The average Bonchev–Trinajstić information content (AvgIpc) is 3.59. The van der Waals surface area contributed by atoms with Crippen molar-refractivity contribution >= 4 is 29.3 Å². The Bertz CT molecular complexity index is 1090. The number of fused-ring (bicyclic) bond motifs is 3. The first-order valence-corrected chi connectivity index (χ1v) is 13.7. The van der Waals surface area contributed by atoms with Crippen LogP contribution in [0.2, 0.25) is 5.02 Å². The molecule has 216 valence electrons. The van der Waals surface area contributed by atoms with E-state index in [2.05, 4.69) is 10.8 Å². The van der Waals surface area contributed by atoms with Gasteiger partial charge in [-0.05, 0) is 50.8 Å². The van der Waals surface area contributed by atoms with E-state index < -0.39 is 17.8 Å². The Hall–Kier alpha value is -2.59. The summed E-state index contributed by atoms with van der Waals surface area (Å²) in [6.45, 7) is 6.05. The van der Waals surface area contributed by atoms with Crippen molar-refractivity contribution in [2.45, 2.75) is 76.8 Å². The number of anilines is 1. The van der Waals surface area contributed by atoms with Crippen LogP contribution in [0, 0.1) is 5.92 Å². The number of benzene rings is 1. The van der Waals surface area contributed by atoms with E-state index >= 15 is 0 Å². The third-order valence-corrected chi connectivity index (χ3v) is 7.90. The molecule has 0 aromatic heterocycles. The molecule has 2 N–H and O–H groups in total. The van der Waals surface area contributed by atoms with E-state index in [4.69, 9.17) is 30.6 Å². The molecule has 1 fully saturated rings. The molecule has 0 saturated carbocycles. The maximum absolute atomic E-state index is 13.3. The van der Waals surface area contributed by atoms with Crippen LogP contribution in [-0.2, 0) is 25.5 Å². The van der Waals surface area contributed by atoms with Crippen LogP contribution in [0.5, 0.6) is 5.75 Å². The van der Waals surface area contributed by atoms with E-state index in [0.717, 1.165) is 11.1 Å². The monoisotopic (exact) mass is 563 g/mol. The molecule has 10 heteroatoms. The molecular formula is C29H42ClN3O6. The van der Waals surface area contributed by atoms with Gasteiger partial charge in [-0.15, -0.1) is 0 Å². The quantitative estimate of drug-likeness (QED) is 0.394. The Morgan fingerprint density at radius 3 is 2.69 bits per heavy atom. The van der Waals surface area contributed by atoms with Crippen molar-refractivity contribution in [1.82, 2.24) is 10.8 Å². The molecule has 4 unspecified atom stereocenters. The van der Waals surface area contributed by atoms with Crippen LogP contribution in [0.25, 0.3) is 0 Å². The van der Waals surface area contributed by atoms with E-state index in [-0.39, 0.29) is 30.5 Å². The number of rotatable bonds is 4. The lowest BCUT2D eigenvalue weighted by Gasteiger charge is -2.27. The molecule has 3 rings (SSSR count). The number of hydroxylamine groups is 1. The zero-order valence-corrected chi connectivity index (χ0v) is 24.8. The van der Waals surface area contributed by atoms with Gasteiger partial charge in [-0.3, -0.25) is 9.63 Å². The normalized spacial score (nSPS) is 30.5. The molecule has 1 aromatic carbocycles. The van der Waals surface area contributed by atoms with Gasteiger partial charge in [0.25, 0.3) is 0 Å². The van der Waals surface area contributed by atoms with Crippen molar-refractivity contribution < 1.29 is 28.6 Å². The number of hydrogen-bond acceptors (Lipinski definition) is 7. The molecule has 1 saturated heterocycles. The van der Waals surface area contributed by atoms with Crippen LogP contribution < -0.4 is 20.4 Å². The lowest BCUT2D eigenvalue weighted by Crippen LogP contribution is -2.38. The summed E-state index contributed by atoms with van der Waals surface area (Å²) in [5, 5.41) is 2.94. The van der Waals surface area contributed by atoms with Gasteiger partial charge < -0.3 is 24.4 Å². The first-order chi connectivity index (χ1) is 18.5. The summed E-state index contributed by atoms with van der Waals surface area (Å²) in [6.07, 6.45) is 7.28. The van der Waals surface area contributed by atoms with Gasteiger partial charge in [0.05, 0.1) is 30.6 Å². The molecule has 0 aliphatic carbocycles. The summed E-state index contributed by atoms with van der Waals surface area (Å²) in [6, 6.07) is 3.85. The Balaban J connectivity index is 1.95. The summed E-state index contributed by atoms with van der Waals surface area (Å²) >= 11 is 6.63. The Morgan fingerprint density at radius 2 is 2.03 bits per heavy atom. The van der Waals surface area contributed by atoms with Gasteiger partial charge in [0.15, 0.2) is 0 Å². The predicted molar refractivity (Wildman–Crippen MR) is 152 cm³/mol. The fraction of sp³-hybridized carbons (Fsp3) is 0.586. The number of nitrogens with zero attached hydrogens (tertiary/aromatic N) is 1. The molecule has 2 heterocycles. The van der Waals surface area contributed by atoms with Crippen LogP contribution in [0.1, 0.15) is 52.0 Å². The van der Waals surface area contributed by atoms with E-state index in [0.29, 0.717) is 42.1 Å². The summed E-state index contributed by atoms with van der Waals surface area (Å²) in [5.41, 5.74) is 4.99. The molecule has 5 atom stereocenters. The maximum atomic E-state index is 13.3. The highest BCUT2D eigenvalue weighted by molar-refractivity contribution is 6.35. The lowest BCUT2D eigenvalue weighted by atomic mass is 9.87. The Morgan fingerprint density at radius 1 is 1.28 bits per heavy atom. The van der Waals surface area contributed by atoms with Crippen LogP contribution in [0.15, 0.2) is 35.9 Å². The minimum absolute atomic E-state index is 0.0759. The largest absolute Gasteiger partial charge is 0.495 e. The first-order valence-electron chi connectivity index (χ1n) is 13.4. The number of carbonyl (C=O) groups is 2. The van der Waals surface area contributed by atoms with Crippen molar-refractivity contribution in [2.75, 3.05) is 33.2 Å². The van der Waals surface area contributed by atoms with Gasteiger partial charge in [0.2, 0.25) is 5.91 Å². The lowest BCUT2D eigenvalue weighted by molar-refractivity contribution is -0.118. The highest BCUT2D eigenvalue weighted by Crippen LogP contribution is 2.47. The SMILES string of the molecule is CNO[C@H]1C/C=C/C=C(\C)Cc2cc(OC)c(Cl)c(c2)N(C)C(=O)CCC2(C)OC2C(C)C(OC(=O)NC)C1. The smallest absolute Gasteiger partial charge is 0.407 e. The van der Waals surface area contributed by atoms with Gasteiger partial charge in [0.1, 0.15) is 16.9 Å². The minimum atomic E-state index is -0.507. The van der Waals surface area contributed by atoms with Crippen molar-refractivity contribution in [3.8, 4) is 5.75 Å². The van der Waals surface area contributed by atoms with E-state index in [1.54, 1.807) is 26.1 Å². The molecule has 0 spiro atoms. The number of hydrogen-bond donors (Lipinski definition) is 2. The maximum Gasteiger partial charge on any atom is 0.407 e. The van der Waals surface area contributed by atoms with Crippen LogP contribution in [0.4, 0.5) is 10.5 Å². The topological polar surface area (TPSA) is 102 Å². The van der Waals surface area contributed by atoms with Gasteiger partial charge in [0, 0.05) is 39.9 Å². The second-order valence-electron chi connectivity index (χ2n) is 10.5. The number of allylic oxidation sites excluding steroid dienone is 3. The zero-order chi connectivity index (χ0) is 28.7. The molecule has 39 heavy (non-hydrogen) atoms. The Kier molecular flexibility index (Phi) is 10.8. The fourth-order valence-corrected chi connectivity index (χ4v) is 5.45. The summed E-state index contributed by atoms with van der Waals surface area (Å²) in [4.78, 5) is 32.8. The number of ether oxygens (including phenoxy) is 3.